The minimum Gasteiger partial charge on any atom is -0.364 e. The van der Waals surface area contributed by atoms with E-state index in [1.54, 1.807) is 48.5 Å². The van der Waals surface area contributed by atoms with Gasteiger partial charge in [-0.05, 0) is 28.8 Å². The van der Waals surface area contributed by atoms with Gasteiger partial charge in [0.1, 0.15) is 6.73 Å². The molecular formula is C26H19F6NO. The van der Waals surface area contributed by atoms with Crippen LogP contribution >= 0.6 is 0 Å². The Balaban J connectivity index is 2.18. The molecule has 8 heteroatoms. The van der Waals surface area contributed by atoms with E-state index in [9.17, 15) is 26.3 Å². The predicted molar refractivity (Wildman–Crippen MR) is 119 cm³/mol. The second-order valence-corrected chi connectivity index (χ2v) is 7.63. The maximum Gasteiger partial charge on any atom is 0.416 e. The van der Waals surface area contributed by atoms with Gasteiger partial charge in [0.15, 0.2) is 0 Å². The number of benzene rings is 3. The number of ether oxygens (including phenoxy) is 1. The quantitative estimate of drug-likeness (QED) is 0.268. The molecule has 0 aliphatic rings. The van der Waals surface area contributed by atoms with Gasteiger partial charge in [-0.3, -0.25) is 0 Å². The maximum absolute atomic E-state index is 13.7. The highest BCUT2D eigenvalue weighted by molar-refractivity contribution is 6.04. The number of aromatic nitrogens is 1. The van der Waals surface area contributed by atoms with Crippen molar-refractivity contribution in [1.82, 2.24) is 4.57 Å². The van der Waals surface area contributed by atoms with Gasteiger partial charge in [-0.1, -0.05) is 66.7 Å². The van der Waals surface area contributed by atoms with Crippen molar-refractivity contribution in [3.8, 4) is 11.3 Å². The van der Waals surface area contributed by atoms with E-state index in [4.69, 9.17) is 4.74 Å². The van der Waals surface area contributed by atoms with Crippen LogP contribution in [0.2, 0.25) is 0 Å². The molecule has 2 nitrogen and oxygen atoms in total. The Hall–Kier alpha value is -3.52. The van der Waals surface area contributed by atoms with Crippen LogP contribution in [-0.4, -0.2) is 17.9 Å². The highest BCUT2D eigenvalue weighted by Gasteiger charge is 2.33. The molecule has 3 aromatic carbocycles. The fourth-order valence-electron chi connectivity index (χ4n) is 4.04. The van der Waals surface area contributed by atoms with E-state index >= 15 is 0 Å². The van der Waals surface area contributed by atoms with Crippen molar-refractivity contribution >= 4 is 16.5 Å². The molecule has 176 valence electrons. The summed E-state index contributed by atoms with van der Waals surface area (Å²) in [6, 6.07) is 19.6. The summed E-state index contributed by atoms with van der Waals surface area (Å²) >= 11 is 0. The lowest BCUT2D eigenvalue weighted by Gasteiger charge is -2.15. The molecule has 1 aromatic heterocycles. The second kappa shape index (κ2) is 9.02. The lowest BCUT2D eigenvalue weighted by molar-refractivity contribution is -0.137. The predicted octanol–water partition coefficient (Wildman–Crippen LogP) is 7.93. The summed E-state index contributed by atoms with van der Waals surface area (Å²) in [5.41, 5.74) is 0.409. The SMILES string of the molecule is COCn1c(-c2ccccc2)c(/C(=C\C(F)(F)F)c2ccccc2)c2ccc(C(F)(F)F)cc21. The number of allylic oxidation sites excluding steroid dienone is 1. The molecule has 0 spiro atoms. The van der Waals surface area contributed by atoms with Crippen LogP contribution < -0.4 is 0 Å². The Labute approximate surface area is 191 Å². The summed E-state index contributed by atoms with van der Waals surface area (Å²) in [7, 11) is 1.37. The first-order chi connectivity index (χ1) is 16.1. The first kappa shape index (κ1) is 23.6. The number of nitrogens with zero attached hydrogens (tertiary/aromatic N) is 1. The normalized spacial score (nSPS) is 13.0. The highest BCUT2D eigenvalue weighted by atomic mass is 19.4. The highest BCUT2D eigenvalue weighted by Crippen LogP contribution is 2.43. The Morgan fingerprint density at radius 3 is 2.03 bits per heavy atom. The summed E-state index contributed by atoms with van der Waals surface area (Å²) in [4.78, 5) is 0. The molecule has 34 heavy (non-hydrogen) atoms. The monoisotopic (exact) mass is 475 g/mol. The number of rotatable bonds is 5. The van der Waals surface area contributed by atoms with Gasteiger partial charge in [0.05, 0.1) is 16.8 Å². The fraction of sp³-hybridized carbons (Fsp3) is 0.154. The van der Waals surface area contributed by atoms with Gasteiger partial charge in [0, 0.05) is 24.1 Å². The Bertz CT molecular complexity index is 1320. The Morgan fingerprint density at radius 1 is 0.853 bits per heavy atom. The van der Waals surface area contributed by atoms with Crippen LogP contribution in [-0.2, 0) is 17.6 Å². The minimum atomic E-state index is -4.67. The van der Waals surface area contributed by atoms with Crippen LogP contribution in [0.1, 0.15) is 16.7 Å². The molecule has 0 atom stereocenters. The summed E-state index contributed by atoms with van der Waals surface area (Å²) in [5.74, 6) is 0. The maximum atomic E-state index is 13.7. The molecule has 4 rings (SSSR count). The van der Waals surface area contributed by atoms with Crippen molar-refractivity contribution in [1.29, 1.82) is 0 Å². The van der Waals surface area contributed by atoms with Crippen molar-refractivity contribution in [2.45, 2.75) is 19.1 Å². The lowest BCUT2D eigenvalue weighted by atomic mass is 9.92. The number of halogens is 6. The average Bonchev–Trinajstić information content (AvgIpc) is 3.11. The molecule has 0 N–H and O–H groups in total. The van der Waals surface area contributed by atoms with Crippen molar-refractivity contribution in [3.05, 3.63) is 102 Å². The number of alkyl halides is 6. The zero-order chi connectivity index (χ0) is 24.5. The summed E-state index contributed by atoms with van der Waals surface area (Å²) in [6.45, 7) is -0.157. The van der Waals surface area contributed by atoms with E-state index in [1.807, 2.05) is 0 Å². The van der Waals surface area contributed by atoms with Gasteiger partial charge in [-0.2, -0.15) is 26.3 Å². The molecule has 0 saturated carbocycles. The van der Waals surface area contributed by atoms with E-state index < -0.39 is 17.9 Å². The van der Waals surface area contributed by atoms with E-state index in [0.717, 1.165) is 12.1 Å². The lowest BCUT2D eigenvalue weighted by Crippen LogP contribution is -2.06. The third-order valence-corrected chi connectivity index (χ3v) is 5.36. The molecule has 0 saturated heterocycles. The molecule has 0 amide bonds. The smallest absolute Gasteiger partial charge is 0.364 e. The van der Waals surface area contributed by atoms with Crippen LogP contribution in [0.3, 0.4) is 0 Å². The molecule has 1 heterocycles. The zero-order valence-electron chi connectivity index (χ0n) is 17.9. The topological polar surface area (TPSA) is 14.2 Å². The molecule has 0 radical (unpaired) electrons. The Kier molecular flexibility index (Phi) is 6.27. The minimum absolute atomic E-state index is 0.120. The second-order valence-electron chi connectivity index (χ2n) is 7.63. The number of hydrogen-bond acceptors (Lipinski definition) is 1. The van der Waals surface area contributed by atoms with Gasteiger partial charge in [0.2, 0.25) is 0 Å². The van der Waals surface area contributed by atoms with Gasteiger partial charge in [0.25, 0.3) is 0 Å². The van der Waals surface area contributed by atoms with Crippen molar-refractivity contribution < 1.29 is 31.1 Å². The fourth-order valence-corrected chi connectivity index (χ4v) is 4.04. The molecule has 0 bridgehead atoms. The van der Waals surface area contributed by atoms with E-state index in [2.05, 4.69) is 0 Å². The molecular weight excluding hydrogens is 456 g/mol. The third kappa shape index (κ3) is 4.72. The van der Waals surface area contributed by atoms with Crippen LogP contribution in [0.25, 0.3) is 27.7 Å². The van der Waals surface area contributed by atoms with Crippen molar-refractivity contribution in [3.63, 3.8) is 0 Å². The summed E-state index contributed by atoms with van der Waals surface area (Å²) < 4.78 is 88.5. The summed E-state index contributed by atoms with van der Waals surface area (Å²) in [6.07, 6.45) is -9.09. The molecule has 0 aliphatic carbocycles. The van der Waals surface area contributed by atoms with E-state index in [-0.39, 0.29) is 40.4 Å². The largest absolute Gasteiger partial charge is 0.416 e. The zero-order valence-corrected chi connectivity index (χ0v) is 17.9. The average molecular weight is 475 g/mol. The standard InChI is InChI=1S/C26H19F6NO/c1-34-16-33-22-14-19(26(30,31)32)12-13-20(22)23(24(33)18-10-6-3-7-11-18)21(15-25(27,28)29)17-8-4-2-5-9-17/h2-15H,16H2,1H3/b21-15-. The number of fused-ring (bicyclic) bond motifs is 1. The van der Waals surface area contributed by atoms with Crippen LogP contribution in [0.15, 0.2) is 84.9 Å². The van der Waals surface area contributed by atoms with Crippen LogP contribution in [0.4, 0.5) is 26.3 Å². The van der Waals surface area contributed by atoms with Crippen LogP contribution in [0.5, 0.6) is 0 Å². The number of hydrogen-bond donors (Lipinski definition) is 0. The number of methoxy groups -OCH3 is 1. The van der Waals surface area contributed by atoms with Gasteiger partial charge >= 0.3 is 12.4 Å². The van der Waals surface area contributed by atoms with Gasteiger partial charge in [-0.25, -0.2) is 0 Å². The summed E-state index contributed by atoms with van der Waals surface area (Å²) in [5, 5.41) is 0.253. The first-order valence-corrected chi connectivity index (χ1v) is 10.2. The molecule has 0 fully saturated rings. The Morgan fingerprint density at radius 2 is 1.47 bits per heavy atom. The third-order valence-electron chi connectivity index (χ3n) is 5.36. The molecule has 4 aromatic rings. The molecule has 0 aliphatic heterocycles. The van der Waals surface area contributed by atoms with Crippen molar-refractivity contribution in [2.24, 2.45) is 0 Å². The van der Waals surface area contributed by atoms with Crippen molar-refractivity contribution in [2.75, 3.05) is 7.11 Å². The van der Waals surface area contributed by atoms with Gasteiger partial charge in [-0.15, -0.1) is 0 Å². The first-order valence-electron chi connectivity index (χ1n) is 10.2. The van der Waals surface area contributed by atoms with Crippen LogP contribution in [0, 0.1) is 0 Å². The van der Waals surface area contributed by atoms with E-state index in [0.29, 0.717) is 11.3 Å². The van der Waals surface area contributed by atoms with Gasteiger partial charge < -0.3 is 9.30 Å². The molecule has 0 unspecified atom stereocenters. The van der Waals surface area contributed by atoms with E-state index in [1.165, 1.54) is 29.9 Å².